The Morgan fingerprint density at radius 2 is 1.67 bits per heavy atom. The molecule has 3 N–H and O–H groups in total. The quantitative estimate of drug-likeness (QED) is 0.574. The molecular formula is C16H13F2N3. The van der Waals surface area contributed by atoms with Gasteiger partial charge in [-0.25, -0.2) is 14.2 Å². The van der Waals surface area contributed by atoms with Crippen LogP contribution in [0.2, 0.25) is 0 Å². The summed E-state index contributed by atoms with van der Waals surface area (Å²) in [6, 6.07) is 12.2. The highest BCUT2D eigenvalue weighted by Gasteiger charge is 2.23. The average molecular weight is 285 g/mol. The van der Waals surface area contributed by atoms with Gasteiger partial charge in [0, 0.05) is 17.1 Å². The number of nitrogens with one attached hydrogen (secondary N) is 1. The van der Waals surface area contributed by atoms with E-state index in [-0.39, 0.29) is 5.56 Å². The number of pyridine rings is 1. The van der Waals surface area contributed by atoms with Gasteiger partial charge in [-0.05, 0) is 23.6 Å². The molecule has 0 aliphatic carbocycles. The van der Waals surface area contributed by atoms with E-state index in [4.69, 9.17) is 5.84 Å². The Bertz CT molecular complexity index is 764. The number of halogens is 2. The first-order valence-corrected chi connectivity index (χ1v) is 6.46. The Hall–Kier alpha value is -2.37. The fourth-order valence-electron chi connectivity index (χ4n) is 2.46. The van der Waals surface area contributed by atoms with Crippen molar-refractivity contribution < 1.29 is 8.78 Å². The summed E-state index contributed by atoms with van der Waals surface area (Å²) >= 11 is 0. The number of nitrogens with two attached hydrogens (primary N) is 1. The molecule has 0 fully saturated rings. The number of benzene rings is 2. The van der Waals surface area contributed by atoms with Crippen LogP contribution in [0.25, 0.3) is 10.8 Å². The lowest BCUT2D eigenvalue weighted by Gasteiger charge is -2.19. The van der Waals surface area contributed by atoms with Crippen molar-refractivity contribution in [2.75, 3.05) is 0 Å². The van der Waals surface area contributed by atoms with Gasteiger partial charge in [-0.1, -0.05) is 30.3 Å². The second-order valence-electron chi connectivity index (χ2n) is 4.65. The molecule has 3 rings (SSSR count). The Balaban J connectivity index is 2.24. The van der Waals surface area contributed by atoms with E-state index in [1.807, 2.05) is 30.3 Å². The number of nitrogens with zero attached hydrogens (tertiary/aromatic N) is 1. The Labute approximate surface area is 120 Å². The summed E-state index contributed by atoms with van der Waals surface area (Å²) in [5.41, 5.74) is 2.82. The van der Waals surface area contributed by atoms with Gasteiger partial charge in [0.2, 0.25) is 0 Å². The van der Waals surface area contributed by atoms with E-state index >= 15 is 0 Å². The van der Waals surface area contributed by atoms with Crippen molar-refractivity contribution in [3.8, 4) is 0 Å². The summed E-state index contributed by atoms with van der Waals surface area (Å²) in [6.45, 7) is 0. The minimum atomic E-state index is -0.864. The lowest BCUT2D eigenvalue weighted by atomic mass is 9.98. The molecule has 0 saturated carbocycles. The fraction of sp³-hybridized carbons (Fsp3) is 0.0625. The number of aromatic nitrogens is 1. The third-order valence-electron chi connectivity index (χ3n) is 3.43. The molecule has 0 spiro atoms. The van der Waals surface area contributed by atoms with E-state index < -0.39 is 17.7 Å². The van der Waals surface area contributed by atoms with Gasteiger partial charge in [0.15, 0.2) is 0 Å². The van der Waals surface area contributed by atoms with Gasteiger partial charge in [0.05, 0.1) is 11.7 Å². The molecule has 0 bridgehead atoms. The van der Waals surface area contributed by atoms with Gasteiger partial charge >= 0.3 is 0 Å². The van der Waals surface area contributed by atoms with Gasteiger partial charge in [0.25, 0.3) is 0 Å². The predicted octanol–water partition coefficient (Wildman–Crippen LogP) is 3.07. The van der Waals surface area contributed by atoms with Gasteiger partial charge < -0.3 is 0 Å². The molecule has 2 aromatic carbocycles. The van der Waals surface area contributed by atoms with Crippen molar-refractivity contribution >= 4 is 10.8 Å². The third kappa shape index (κ3) is 2.37. The van der Waals surface area contributed by atoms with Crippen LogP contribution in [-0.4, -0.2) is 4.98 Å². The first-order chi connectivity index (χ1) is 10.2. The minimum absolute atomic E-state index is 0.135. The lowest BCUT2D eigenvalue weighted by molar-refractivity contribution is 0.507. The minimum Gasteiger partial charge on any atom is -0.271 e. The molecule has 1 unspecified atom stereocenters. The van der Waals surface area contributed by atoms with Gasteiger partial charge in [-0.3, -0.25) is 10.8 Å². The summed E-state index contributed by atoms with van der Waals surface area (Å²) < 4.78 is 28.0. The van der Waals surface area contributed by atoms with E-state index in [9.17, 15) is 8.78 Å². The number of rotatable bonds is 3. The molecule has 0 radical (unpaired) electrons. The predicted molar refractivity (Wildman–Crippen MR) is 77.3 cm³/mol. The van der Waals surface area contributed by atoms with Crippen molar-refractivity contribution in [1.82, 2.24) is 10.4 Å². The van der Waals surface area contributed by atoms with Crippen molar-refractivity contribution in [3.63, 3.8) is 0 Å². The van der Waals surface area contributed by atoms with Crippen LogP contribution in [0.3, 0.4) is 0 Å². The Morgan fingerprint density at radius 3 is 2.38 bits per heavy atom. The Morgan fingerprint density at radius 1 is 0.952 bits per heavy atom. The van der Waals surface area contributed by atoms with Crippen molar-refractivity contribution in [2.24, 2.45) is 5.84 Å². The molecule has 0 aliphatic heterocycles. The monoisotopic (exact) mass is 285 g/mol. The van der Waals surface area contributed by atoms with Crippen LogP contribution in [0, 0.1) is 11.6 Å². The topological polar surface area (TPSA) is 50.9 Å². The zero-order chi connectivity index (χ0) is 14.8. The summed E-state index contributed by atoms with van der Waals surface area (Å²) in [5, 5.41) is 1.73. The Kier molecular flexibility index (Phi) is 3.60. The number of hydrogen-bond acceptors (Lipinski definition) is 3. The number of hydrogen-bond donors (Lipinski definition) is 2. The van der Waals surface area contributed by atoms with E-state index in [0.717, 1.165) is 10.8 Å². The van der Waals surface area contributed by atoms with Crippen molar-refractivity contribution in [1.29, 1.82) is 0 Å². The fourth-order valence-corrected chi connectivity index (χ4v) is 2.46. The van der Waals surface area contributed by atoms with Crippen LogP contribution < -0.4 is 11.3 Å². The molecule has 3 nitrogen and oxygen atoms in total. The smallest absolute Gasteiger partial charge is 0.131 e. The summed E-state index contributed by atoms with van der Waals surface area (Å²) in [7, 11) is 0. The third-order valence-corrected chi connectivity index (χ3v) is 3.43. The van der Waals surface area contributed by atoms with E-state index in [0.29, 0.717) is 5.69 Å². The number of fused-ring (bicyclic) bond motifs is 1. The highest BCUT2D eigenvalue weighted by molar-refractivity contribution is 5.85. The number of hydrazine groups is 1. The maximum atomic E-state index is 14.0. The van der Waals surface area contributed by atoms with Crippen molar-refractivity contribution in [3.05, 3.63) is 77.6 Å². The van der Waals surface area contributed by atoms with Crippen LogP contribution in [-0.2, 0) is 0 Å². The molecule has 5 heteroatoms. The first-order valence-electron chi connectivity index (χ1n) is 6.46. The van der Waals surface area contributed by atoms with E-state index in [2.05, 4.69) is 10.4 Å². The molecule has 0 saturated heterocycles. The second kappa shape index (κ2) is 5.55. The molecule has 1 heterocycles. The standard InChI is InChI=1S/C16H13F2N3/c17-12-6-3-7-13(18)14(12)16(21-19)15-11-5-2-1-4-10(11)8-9-20-15/h1-9,16,21H,19H2. The normalized spacial score (nSPS) is 12.5. The van der Waals surface area contributed by atoms with Crippen LogP contribution in [0.15, 0.2) is 54.7 Å². The summed E-state index contributed by atoms with van der Waals surface area (Å²) in [6.07, 6.45) is 1.60. The molecule has 0 aliphatic rings. The van der Waals surface area contributed by atoms with Crippen LogP contribution in [0.4, 0.5) is 8.78 Å². The zero-order valence-electron chi connectivity index (χ0n) is 11.1. The van der Waals surface area contributed by atoms with E-state index in [1.54, 1.807) is 6.20 Å². The highest BCUT2D eigenvalue weighted by Crippen LogP contribution is 2.29. The van der Waals surface area contributed by atoms with Crippen LogP contribution in [0.5, 0.6) is 0 Å². The largest absolute Gasteiger partial charge is 0.271 e. The lowest BCUT2D eigenvalue weighted by Crippen LogP contribution is -2.31. The van der Waals surface area contributed by atoms with E-state index in [1.165, 1.54) is 18.2 Å². The average Bonchev–Trinajstić information content (AvgIpc) is 2.51. The molecule has 106 valence electrons. The molecular weight excluding hydrogens is 272 g/mol. The first kappa shape index (κ1) is 13.6. The maximum absolute atomic E-state index is 14.0. The molecule has 1 aromatic heterocycles. The summed E-state index contributed by atoms with van der Waals surface area (Å²) in [4.78, 5) is 4.26. The second-order valence-corrected chi connectivity index (χ2v) is 4.65. The molecule has 3 aromatic rings. The van der Waals surface area contributed by atoms with Crippen LogP contribution >= 0.6 is 0 Å². The molecule has 1 atom stereocenters. The zero-order valence-corrected chi connectivity index (χ0v) is 11.1. The maximum Gasteiger partial charge on any atom is 0.131 e. The molecule has 0 amide bonds. The summed E-state index contributed by atoms with van der Waals surface area (Å²) in [5.74, 6) is 4.22. The van der Waals surface area contributed by atoms with Crippen molar-refractivity contribution in [2.45, 2.75) is 6.04 Å². The van der Waals surface area contributed by atoms with Crippen LogP contribution in [0.1, 0.15) is 17.3 Å². The molecule has 21 heavy (non-hydrogen) atoms. The van der Waals surface area contributed by atoms with Gasteiger partial charge in [-0.15, -0.1) is 0 Å². The highest BCUT2D eigenvalue weighted by atomic mass is 19.1. The van der Waals surface area contributed by atoms with Gasteiger partial charge in [-0.2, -0.15) is 0 Å². The SMILES string of the molecule is NNC(c1c(F)cccc1F)c1nccc2ccccc12. The van der Waals surface area contributed by atoms with Gasteiger partial charge in [0.1, 0.15) is 11.6 Å².